The van der Waals surface area contributed by atoms with E-state index in [4.69, 9.17) is 4.74 Å². The lowest BCUT2D eigenvalue weighted by Crippen LogP contribution is -2.39. The second-order valence-electron chi connectivity index (χ2n) is 6.33. The summed E-state index contributed by atoms with van der Waals surface area (Å²) in [6.45, 7) is 6.47. The Balaban J connectivity index is 1.69. The van der Waals surface area contributed by atoms with Crippen molar-refractivity contribution in [1.82, 2.24) is 25.6 Å². The Morgan fingerprint density at radius 3 is 3.00 bits per heavy atom. The molecule has 1 aromatic heterocycles. The number of alkyl carbamates (subject to hydrolysis) is 1. The van der Waals surface area contributed by atoms with Crippen molar-refractivity contribution in [1.29, 1.82) is 0 Å². The number of unbranched alkanes of at least 4 members (excludes halogenated alkanes) is 1. The third kappa shape index (κ3) is 4.44. The predicted molar refractivity (Wildman–Crippen MR) is 79.0 cm³/mol. The van der Waals surface area contributed by atoms with Gasteiger partial charge in [0.05, 0.1) is 18.4 Å². The Bertz CT molecular complexity index is 535. The fourth-order valence-electron chi connectivity index (χ4n) is 2.28. The molecule has 2 rings (SSSR count). The summed E-state index contributed by atoms with van der Waals surface area (Å²) in [7, 11) is 0. The van der Waals surface area contributed by atoms with Crippen LogP contribution in [0, 0.1) is 0 Å². The molecular weight excluding hydrogens is 286 g/mol. The van der Waals surface area contributed by atoms with E-state index >= 15 is 0 Å². The van der Waals surface area contributed by atoms with Crippen LogP contribution >= 0.6 is 0 Å². The van der Waals surface area contributed by atoms with Gasteiger partial charge < -0.3 is 15.4 Å². The van der Waals surface area contributed by atoms with Crippen molar-refractivity contribution in [3.8, 4) is 0 Å². The van der Waals surface area contributed by atoms with Crippen LogP contribution in [0.1, 0.15) is 51.8 Å². The molecule has 0 unspecified atom stereocenters. The van der Waals surface area contributed by atoms with Gasteiger partial charge in [0, 0.05) is 6.54 Å². The lowest BCUT2D eigenvalue weighted by Gasteiger charge is -2.23. The van der Waals surface area contributed by atoms with Crippen molar-refractivity contribution in [3.05, 3.63) is 11.9 Å². The second kappa shape index (κ2) is 6.76. The number of nitrogens with one attached hydrogen (secondary N) is 2. The number of fused-ring (bicyclic) bond motifs is 1. The molecule has 8 heteroatoms. The maximum absolute atomic E-state index is 11.9. The van der Waals surface area contributed by atoms with Crippen molar-refractivity contribution in [2.45, 2.75) is 58.2 Å². The zero-order valence-electron chi connectivity index (χ0n) is 13.3. The van der Waals surface area contributed by atoms with Crippen LogP contribution in [-0.2, 0) is 16.1 Å². The van der Waals surface area contributed by atoms with Crippen LogP contribution in [0.3, 0.4) is 0 Å². The summed E-state index contributed by atoms with van der Waals surface area (Å²) >= 11 is 0. The molecule has 1 aromatic rings. The number of ether oxygens (including phenoxy) is 1. The summed E-state index contributed by atoms with van der Waals surface area (Å²) in [4.78, 5) is 23.4. The van der Waals surface area contributed by atoms with Gasteiger partial charge in [-0.2, -0.15) is 0 Å². The molecule has 2 amide bonds. The largest absolute Gasteiger partial charge is 0.444 e. The second-order valence-corrected chi connectivity index (χ2v) is 6.33. The Labute approximate surface area is 129 Å². The Morgan fingerprint density at radius 2 is 2.27 bits per heavy atom. The van der Waals surface area contributed by atoms with Crippen LogP contribution in [0.2, 0.25) is 0 Å². The number of rotatable bonds is 5. The van der Waals surface area contributed by atoms with Crippen LogP contribution in [0.15, 0.2) is 6.20 Å². The van der Waals surface area contributed by atoms with Crippen LogP contribution in [0.25, 0.3) is 0 Å². The molecule has 8 nitrogen and oxygen atoms in total. The van der Waals surface area contributed by atoms with E-state index in [1.165, 1.54) is 0 Å². The molecule has 0 bridgehead atoms. The molecule has 0 radical (unpaired) electrons. The molecule has 2 N–H and O–H groups in total. The zero-order valence-corrected chi connectivity index (χ0v) is 13.3. The summed E-state index contributed by atoms with van der Waals surface area (Å²) in [6, 6.07) is -0.312. The van der Waals surface area contributed by atoms with E-state index in [0.717, 1.165) is 18.5 Å². The van der Waals surface area contributed by atoms with Gasteiger partial charge >= 0.3 is 6.09 Å². The average Bonchev–Trinajstić information content (AvgIpc) is 2.87. The zero-order chi connectivity index (χ0) is 16.2. The molecule has 0 aromatic carbocycles. The van der Waals surface area contributed by atoms with Crippen molar-refractivity contribution in [3.63, 3.8) is 0 Å². The molecule has 0 spiro atoms. The number of hydrogen-bond acceptors (Lipinski definition) is 5. The highest BCUT2D eigenvalue weighted by atomic mass is 16.6. The summed E-state index contributed by atoms with van der Waals surface area (Å²) in [6.07, 6.45) is 3.48. The molecule has 2 heterocycles. The van der Waals surface area contributed by atoms with Crippen LogP contribution in [0.5, 0.6) is 0 Å². The van der Waals surface area contributed by atoms with Gasteiger partial charge in [-0.25, -0.2) is 9.48 Å². The minimum absolute atomic E-state index is 0.0295. The van der Waals surface area contributed by atoms with Gasteiger partial charge in [-0.1, -0.05) is 5.21 Å². The van der Waals surface area contributed by atoms with Gasteiger partial charge in [0.15, 0.2) is 0 Å². The van der Waals surface area contributed by atoms with Crippen molar-refractivity contribution >= 4 is 12.0 Å². The van der Waals surface area contributed by atoms with Gasteiger partial charge in [0.1, 0.15) is 11.6 Å². The van der Waals surface area contributed by atoms with Crippen LogP contribution < -0.4 is 10.6 Å². The molecule has 1 aliphatic rings. The van der Waals surface area contributed by atoms with Crippen molar-refractivity contribution in [2.24, 2.45) is 0 Å². The van der Waals surface area contributed by atoms with E-state index in [1.54, 1.807) is 10.9 Å². The molecule has 1 atom stereocenters. The third-order valence-corrected chi connectivity index (χ3v) is 3.26. The first-order valence-corrected chi connectivity index (χ1v) is 7.50. The maximum Gasteiger partial charge on any atom is 0.407 e. The van der Waals surface area contributed by atoms with E-state index in [2.05, 4.69) is 20.9 Å². The van der Waals surface area contributed by atoms with E-state index in [9.17, 15) is 9.59 Å². The van der Waals surface area contributed by atoms with Crippen molar-refractivity contribution in [2.75, 3.05) is 6.54 Å². The van der Waals surface area contributed by atoms with Gasteiger partial charge in [0.2, 0.25) is 5.91 Å². The number of nitrogens with zero attached hydrogens (tertiary/aromatic N) is 3. The number of amides is 2. The summed E-state index contributed by atoms with van der Waals surface area (Å²) in [5.41, 5.74) is 0.421. The van der Waals surface area contributed by atoms with E-state index in [-0.39, 0.29) is 11.9 Å². The van der Waals surface area contributed by atoms with Gasteiger partial charge in [-0.15, -0.1) is 5.10 Å². The molecule has 22 heavy (non-hydrogen) atoms. The third-order valence-electron chi connectivity index (χ3n) is 3.26. The number of hydrogen-bond donors (Lipinski definition) is 2. The van der Waals surface area contributed by atoms with E-state index in [1.807, 2.05) is 20.8 Å². The van der Waals surface area contributed by atoms with Gasteiger partial charge in [-0.05, 0) is 40.0 Å². The number of carbonyl (C=O) groups excluding carboxylic acids is 2. The summed E-state index contributed by atoms with van der Waals surface area (Å²) in [5.74, 6) is -0.0295. The lowest BCUT2D eigenvalue weighted by atomic mass is 10.1. The Hall–Kier alpha value is -2.12. The molecule has 122 valence electrons. The fourth-order valence-corrected chi connectivity index (χ4v) is 2.28. The molecule has 0 saturated heterocycles. The number of carbonyl (C=O) groups is 2. The smallest absolute Gasteiger partial charge is 0.407 e. The first-order valence-electron chi connectivity index (χ1n) is 7.50. The highest BCUT2D eigenvalue weighted by Gasteiger charge is 2.27. The molecular formula is C14H23N5O3. The fraction of sp³-hybridized carbons (Fsp3) is 0.714. The highest BCUT2D eigenvalue weighted by molar-refractivity contribution is 5.81. The Morgan fingerprint density at radius 1 is 1.50 bits per heavy atom. The molecule has 1 aliphatic heterocycles. The quantitative estimate of drug-likeness (QED) is 0.795. The first-order chi connectivity index (χ1) is 10.4. The Kier molecular flexibility index (Phi) is 4.99. The topological polar surface area (TPSA) is 98.1 Å². The predicted octanol–water partition coefficient (Wildman–Crippen LogP) is 1.14. The highest BCUT2D eigenvalue weighted by Crippen LogP contribution is 2.19. The maximum atomic E-state index is 11.9. The van der Waals surface area contributed by atoms with E-state index in [0.29, 0.717) is 19.5 Å². The molecule has 0 fully saturated rings. The summed E-state index contributed by atoms with van der Waals surface area (Å²) < 4.78 is 6.83. The minimum Gasteiger partial charge on any atom is -0.444 e. The number of aromatic nitrogens is 3. The van der Waals surface area contributed by atoms with Crippen molar-refractivity contribution < 1.29 is 14.3 Å². The van der Waals surface area contributed by atoms with Gasteiger partial charge in [-0.3, -0.25) is 4.79 Å². The lowest BCUT2D eigenvalue weighted by molar-refractivity contribution is -0.126. The minimum atomic E-state index is -0.492. The van der Waals surface area contributed by atoms with E-state index < -0.39 is 11.7 Å². The molecule has 0 aliphatic carbocycles. The standard InChI is InChI=1S/C14H23N5O3/c1-14(2,3)22-13(21)15-7-5-4-6-11-12(20)16-8-10-9-17-18-19(10)11/h9,11H,4-8H2,1-3H3,(H,15,21)(H,16,20)/t11-/m0/s1. The monoisotopic (exact) mass is 309 g/mol. The van der Waals surface area contributed by atoms with Gasteiger partial charge in [0.25, 0.3) is 0 Å². The first kappa shape index (κ1) is 16.3. The van der Waals surface area contributed by atoms with Crippen LogP contribution in [0.4, 0.5) is 4.79 Å². The van der Waals surface area contributed by atoms with Crippen LogP contribution in [-0.4, -0.2) is 39.1 Å². The normalized spacial score (nSPS) is 17.6. The average molecular weight is 309 g/mol. The molecule has 0 saturated carbocycles. The summed E-state index contributed by atoms with van der Waals surface area (Å²) in [5, 5.41) is 13.3. The SMILES string of the molecule is CC(C)(C)OC(=O)NCCCC[C@H]1C(=O)NCc2cnnn21.